The third-order valence-corrected chi connectivity index (χ3v) is 11.2. The Hall–Kier alpha value is 0.314. The number of hydrogen-bond donors (Lipinski definition) is 2. The van der Waals surface area contributed by atoms with Crippen LogP contribution in [0.5, 0.6) is 0 Å². The molecule has 0 spiro atoms. The third kappa shape index (κ3) is 13.7. The average molecular weight is 333 g/mol. The fraction of sp³-hybridized carbons (Fsp3) is 1.00. The van der Waals surface area contributed by atoms with Crippen LogP contribution in [0.2, 0.25) is 38.3 Å². The molecule has 0 amide bonds. The van der Waals surface area contributed by atoms with Crippen molar-refractivity contribution in [2.75, 3.05) is 26.2 Å². The molecule has 0 saturated carbocycles. The highest BCUT2D eigenvalue weighted by molar-refractivity contribution is 6.84. The molecule has 3 nitrogen and oxygen atoms in total. The van der Waals surface area contributed by atoms with Crippen molar-refractivity contribution in [3.63, 3.8) is 0 Å². The highest BCUT2D eigenvalue weighted by Crippen LogP contribution is 2.23. The van der Waals surface area contributed by atoms with Gasteiger partial charge >= 0.3 is 0 Å². The molecule has 5 heteroatoms. The summed E-state index contributed by atoms with van der Waals surface area (Å²) in [6.07, 6.45) is 4.98. The first kappa shape index (κ1) is 21.3. The van der Waals surface area contributed by atoms with Crippen LogP contribution in [0.1, 0.15) is 39.5 Å². The van der Waals surface area contributed by atoms with E-state index >= 15 is 0 Å². The van der Waals surface area contributed by atoms with E-state index < -0.39 is 16.6 Å². The van der Waals surface area contributed by atoms with Crippen LogP contribution in [-0.4, -0.2) is 42.8 Å². The maximum absolute atomic E-state index is 6.66. The summed E-state index contributed by atoms with van der Waals surface area (Å²) in [6.45, 7) is 18.6. The topological polar surface area (TPSA) is 33.3 Å². The molecule has 0 radical (unpaired) electrons. The Balaban J connectivity index is 3.87. The maximum Gasteiger partial charge on any atom is 0.173 e. The van der Waals surface area contributed by atoms with Gasteiger partial charge in [0.2, 0.25) is 0 Å². The zero-order chi connectivity index (χ0) is 16.2. The Bertz CT molecular complexity index is 224. The second kappa shape index (κ2) is 11.8. The van der Waals surface area contributed by atoms with Crippen LogP contribution in [0.3, 0.4) is 0 Å². The first-order valence-electron chi connectivity index (χ1n) is 8.94. The van der Waals surface area contributed by atoms with E-state index in [1.165, 1.54) is 37.8 Å². The monoisotopic (exact) mass is 332 g/mol. The minimum atomic E-state index is -1.47. The maximum atomic E-state index is 6.66. The van der Waals surface area contributed by atoms with Crippen molar-refractivity contribution in [1.82, 2.24) is 10.6 Å². The van der Waals surface area contributed by atoms with Crippen LogP contribution >= 0.6 is 0 Å². The molecule has 0 rings (SSSR count). The van der Waals surface area contributed by atoms with E-state index in [9.17, 15) is 0 Å². The van der Waals surface area contributed by atoms with Gasteiger partial charge in [0.15, 0.2) is 16.6 Å². The first-order chi connectivity index (χ1) is 9.83. The summed E-state index contributed by atoms with van der Waals surface area (Å²) < 4.78 is 6.66. The molecule has 0 aromatic carbocycles. The molecule has 0 fully saturated rings. The first-order valence-corrected chi connectivity index (χ1v) is 15.2. The van der Waals surface area contributed by atoms with Gasteiger partial charge in [0.25, 0.3) is 0 Å². The molecule has 0 aromatic heterocycles. The van der Waals surface area contributed by atoms with Gasteiger partial charge in [0.05, 0.1) is 0 Å². The standard InChI is InChI=1S/C16H40N2OSi2/c1-7-11-17-13-9-15-20(3,4)19-21(5,6)16-10-14-18-12-8-2/h17-18H,7-16H2,1-6H3. The predicted molar refractivity (Wildman–Crippen MR) is 101 cm³/mol. The highest BCUT2D eigenvalue weighted by Gasteiger charge is 2.32. The number of nitrogens with one attached hydrogen (secondary N) is 2. The summed E-state index contributed by atoms with van der Waals surface area (Å²) in [6, 6.07) is 2.57. The fourth-order valence-electron chi connectivity index (χ4n) is 2.73. The van der Waals surface area contributed by atoms with Gasteiger partial charge in [-0.3, -0.25) is 0 Å². The van der Waals surface area contributed by atoms with E-state index in [2.05, 4.69) is 50.7 Å². The van der Waals surface area contributed by atoms with Crippen LogP contribution in [0.4, 0.5) is 0 Å². The van der Waals surface area contributed by atoms with Crippen LogP contribution in [0, 0.1) is 0 Å². The Labute approximate surface area is 135 Å². The van der Waals surface area contributed by atoms with E-state index in [-0.39, 0.29) is 0 Å². The summed E-state index contributed by atoms with van der Waals surface area (Å²) in [4.78, 5) is 0. The van der Waals surface area contributed by atoms with Gasteiger partial charge in [-0.05, 0) is 90.1 Å². The van der Waals surface area contributed by atoms with Crippen molar-refractivity contribution in [2.45, 2.75) is 77.8 Å². The summed E-state index contributed by atoms with van der Waals surface area (Å²) >= 11 is 0. The molecule has 128 valence electrons. The third-order valence-electron chi connectivity index (χ3n) is 3.67. The molecule has 0 aliphatic rings. The molecular formula is C16H40N2OSi2. The van der Waals surface area contributed by atoms with E-state index in [0.717, 1.165) is 26.2 Å². The van der Waals surface area contributed by atoms with Gasteiger partial charge in [-0.2, -0.15) is 0 Å². The van der Waals surface area contributed by atoms with Crippen LogP contribution in [-0.2, 0) is 4.12 Å². The number of hydrogen-bond acceptors (Lipinski definition) is 3. The molecule has 0 aliphatic carbocycles. The Morgan fingerprint density at radius 2 is 1.05 bits per heavy atom. The van der Waals surface area contributed by atoms with Gasteiger partial charge in [0, 0.05) is 0 Å². The lowest BCUT2D eigenvalue weighted by molar-refractivity contribution is 0.523. The molecule has 2 N–H and O–H groups in total. The largest absolute Gasteiger partial charge is 0.455 e. The van der Waals surface area contributed by atoms with E-state index in [0.29, 0.717) is 0 Å². The van der Waals surface area contributed by atoms with Crippen molar-refractivity contribution in [2.24, 2.45) is 0 Å². The van der Waals surface area contributed by atoms with E-state index in [1.807, 2.05) is 0 Å². The Morgan fingerprint density at radius 3 is 1.38 bits per heavy atom. The van der Waals surface area contributed by atoms with Crippen LogP contribution < -0.4 is 10.6 Å². The van der Waals surface area contributed by atoms with Crippen molar-refractivity contribution in [3.05, 3.63) is 0 Å². The molecule has 0 aliphatic heterocycles. The summed E-state index contributed by atoms with van der Waals surface area (Å²) in [7, 11) is -2.95. The quantitative estimate of drug-likeness (QED) is 0.369. The zero-order valence-electron chi connectivity index (χ0n) is 15.5. The molecule has 0 bridgehead atoms. The molecule has 0 unspecified atom stereocenters. The van der Waals surface area contributed by atoms with E-state index in [1.54, 1.807) is 0 Å². The van der Waals surface area contributed by atoms with Gasteiger partial charge < -0.3 is 14.7 Å². The minimum Gasteiger partial charge on any atom is -0.455 e. The van der Waals surface area contributed by atoms with Crippen LogP contribution in [0.15, 0.2) is 0 Å². The van der Waals surface area contributed by atoms with Gasteiger partial charge in [-0.25, -0.2) is 0 Å². The lowest BCUT2D eigenvalue weighted by atomic mass is 10.4. The van der Waals surface area contributed by atoms with Crippen molar-refractivity contribution < 1.29 is 4.12 Å². The highest BCUT2D eigenvalue weighted by atomic mass is 28.4. The Kier molecular flexibility index (Phi) is 12.0. The summed E-state index contributed by atoms with van der Waals surface area (Å²) in [5, 5.41) is 6.99. The summed E-state index contributed by atoms with van der Waals surface area (Å²) in [5.41, 5.74) is 0. The lowest BCUT2D eigenvalue weighted by Gasteiger charge is -2.34. The van der Waals surface area contributed by atoms with Crippen molar-refractivity contribution >= 4 is 16.6 Å². The molecule has 0 aromatic rings. The second-order valence-corrected chi connectivity index (χ2v) is 16.2. The van der Waals surface area contributed by atoms with Gasteiger partial charge in [-0.1, -0.05) is 13.8 Å². The molecule has 0 heterocycles. The fourth-order valence-corrected chi connectivity index (χ4v) is 11.6. The van der Waals surface area contributed by atoms with Gasteiger partial charge in [0.1, 0.15) is 0 Å². The summed E-state index contributed by atoms with van der Waals surface area (Å²) in [5.74, 6) is 0. The zero-order valence-corrected chi connectivity index (χ0v) is 17.5. The molecule has 21 heavy (non-hydrogen) atoms. The molecular weight excluding hydrogens is 292 g/mol. The van der Waals surface area contributed by atoms with E-state index in [4.69, 9.17) is 4.12 Å². The van der Waals surface area contributed by atoms with Gasteiger partial charge in [-0.15, -0.1) is 0 Å². The minimum absolute atomic E-state index is 1.15. The van der Waals surface area contributed by atoms with Crippen molar-refractivity contribution in [1.29, 1.82) is 0 Å². The Morgan fingerprint density at radius 1 is 0.667 bits per heavy atom. The predicted octanol–water partition coefficient (Wildman–Crippen LogP) is 4.19. The molecule has 0 atom stereocenters. The lowest BCUT2D eigenvalue weighted by Crippen LogP contribution is -2.44. The average Bonchev–Trinajstić information content (AvgIpc) is 2.36. The smallest absolute Gasteiger partial charge is 0.173 e. The normalized spacial score (nSPS) is 12.9. The number of rotatable bonds is 14. The second-order valence-electron chi connectivity index (χ2n) is 7.33. The van der Waals surface area contributed by atoms with Crippen LogP contribution in [0.25, 0.3) is 0 Å². The van der Waals surface area contributed by atoms with Crippen molar-refractivity contribution in [3.8, 4) is 0 Å². The molecule has 0 saturated heterocycles. The SMILES string of the molecule is CCCNCCC[Si](C)(C)O[Si](C)(C)CCCNCCC.